The highest BCUT2D eigenvalue weighted by atomic mass is 15.2. The minimum Gasteiger partial charge on any atom is -0.271 e. The van der Waals surface area contributed by atoms with Gasteiger partial charge in [0, 0.05) is 12.4 Å². The summed E-state index contributed by atoms with van der Waals surface area (Å²) in [6.07, 6.45) is 9.03. The molecule has 0 spiro atoms. The van der Waals surface area contributed by atoms with Crippen molar-refractivity contribution in [2.45, 2.75) is 32.2 Å². The lowest BCUT2D eigenvalue weighted by atomic mass is 9.89. The fraction of sp³-hybridized carbons (Fsp3) is 0.636. The summed E-state index contributed by atoms with van der Waals surface area (Å²) in [7, 11) is 0. The van der Waals surface area contributed by atoms with Crippen LogP contribution in [-0.2, 0) is 0 Å². The minimum absolute atomic E-state index is 0.149. The van der Waals surface area contributed by atoms with Crippen molar-refractivity contribution in [3.8, 4) is 0 Å². The topological polar surface area (TPSA) is 63.8 Å². The number of hydrogen-bond acceptors (Lipinski definition) is 4. The van der Waals surface area contributed by atoms with Crippen LogP contribution in [0.2, 0.25) is 0 Å². The van der Waals surface area contributed by atoms with E-state index in [4.69, 9.17) is 5.84 Å². The molecule has 0 bridgehead atoms. The third-order valence-electron chi connectivity index (χ3n) is 3.44. The van der Waals surface area contributed by atoms with Crippen molar-refractivity contribution in [3.05, 3.63) is 24.3 Å². The molecule has 1 aliphatic rings. The molecule has 3 atom stereocenters. The maximum absolute atomic E-state index is 5.63. The van der Waals surface area contributed by atoms with E-state index in [0.717, 1.165) is 5.69 Å². The highest BCUT2D eigenvalue weighted by Crippen LogP contribution is 2.38. The molecular formula is C11H18N4. The van der Waals surface area contributed by atoms with Crippen LogP contribution in [0.1, 0.15) is 37.9 Å². The summed E-state index contributed by atoms with van der Waals surface area (Å²) in [5.74, 6) is 6.93. The third kappa shape index (κ3) is 2.16. The van der Waals surface area contributed by atoms with Crippen LogP contribution in [0.3, 0.4) is 0 Å². The van der Waals surface area contributed by atoms with E-state index in [1.165, 1.54) is 19.3 Å². The van der Waals surface area contributed by atoms with Crippen molar-refractivity contribution in [1.29, 1.82) is 0 Å². The van der Waals surface area contributed by atoms with Gasteiger partial charge in [0.15, 0.2) is 0 Å². The summed E-state index contributed by atoms with van der Waals surface area (Å²) in [4.78, 5) is 8.42. The van der Waals surface area contributed by atoms with Gasteiger partial charge in [0.25, 0.3) is 0 Å². The predicted molar refractivity (Wildman–Crippen MR) is 58.6 cm³/mol. The van der Waals surface area contributed by atoms with Crippen molar-refractivity contribution < 1.29 is 0 Å². The molecule has 0 radical (unpaired) electrons. The normalized spacial score (nSPS) is 27.9. The maximum atomic E-state index is 5.63. The van der Waals surface area contributed by atoms with Crippen LogP contribution in [0.4, 0.5) is 0 Å². The van der Waals surface area contributed by atoms with E-state index in [1.807, 2.05) is 0 Å². The Bertz CT molecular complexity index is 301. The predicted octanol–water partition coefficient (Wildman–Crippen LogP) is 1.42. The lowest BCUT2D eigenvalue weighted by Gasteiger charge is -2.25. The molecule has 4 heteroatoms. The quantitative estimate of drug-likeness (QED) is 0.580. The van der Waals surface area contributed by atoms with Crippen LogP contribution in [0.15, 0.2) is 18.6 Å². The van der Waals surface area contributed by atoms with Crippen LogP contribution < -0.4 is 11.3 Å². The van der Waals surface area contributed by atoms with E-state index >= 15 is 0 Å². The summed E-state index contributed by atoms with van der Waals surface area (Å²) >= 11 is 0. The monoisotopic (exact) mass is 206 g/mol. The molecule has 4 nitrogen and oxygen atoms in total. The molecule has 3 unspecified atom stereocenters. The van der Waals surface area contributed by atoms with Gasteiger partial charge in [0.1, 0.15) is 0 Å². The van der Waals surface area contributed by atoms with Crippen LogP contribution in [0.25, 0.3) is 0 Å². The van der Waals surface area contributed by atoms with Crippen LogP contribution in [0.5, 0.6) is 0 Å². The summed E-state index contributed by atoms with van der Waals surface area (Å²) in [5, 5.41) is 0. The zero-order chi connectivity index (χ0) is 10.7. The van der Waals surface area contributed by atoms with Gasteiger partial charge >= 0.3 is 0 Å². The van der Waals surface area contributed by atoms with Crippen LogP contribution in [0, 0.1) is 11.8 Å². The molecule has 0 saturated heterocycles. The van der Waals surface area contributed by atoms with Gasteiger partial charge in [-0.3, -0.25) is 21.2 Å². The smallest absolute Gasteiger partial charge is 0.0772 e. The molecule has 0 amide bonds. The second-order valence-corrected chi connectivity index (χ2v) is 4.35. The molecule has 0 aliphatic heterocycles. The number of nitrogens with zero attached hydrogens (tertiary/aromatic N) is 2. The molecule has 3 N–H and O–H groups in total. The van der Waals surface area contributed by atoms with Gasteiger partial charge in [-0.05, 0) is 18.3 Å². The molecular weight excluding hydrogens is 188 g/mol. The molecule has 1 heterocycles. The molecule has 1 saturated carbocycles. The molecule has 1 aromatic rings. The number of nitrogens with one attached hydrogen (secondary N) is 1. The van der Waals surface area contributed by atoms with Crippen molar-refractivity contribution in [3.63, 3.8) is 0 Å². The van der Waals surface area contributed by atoms with Gasteiger partial charge < -0.3 is 0 Å². The number of aromatic nitrogens is 2. The molecule has 15 heavy (non-hydrogen) atoms. The first-order valence-electron chi connectivity index (χ1n) is 5.55. The van der Waals surface area contributed by atoms with E-state index in [9.17, 15) is 0 Å². The summed E-state index contributed by atoms with van der Waals surface area (Å²) in [6, 6.07) is 0.149. The molecule has 1 aliphatic carbocycles. The van der Waals surface area contributed by atoms with Crippen molar-refractivity contribution >= 4 is 0 Å². The highest BCUT2D eigenvalue weighted by Gasteiger charge is 2.31. The Labute approximate surface area is 90.3 Å². The number of rotatable bonds is 3. The molecule has 0 aromatic carbocycles. The summed E-state index contributed by atoms with van der Waals surface area (Å²) in [6.45, 7) is 2.29. The second-order valence-electron chi connectivity index (χ2n) is 4.35. The Hall–Kier alpha value is -1.00. The number of hydrogen-bond donors (Lipinski definition) is 2. The Balaban J connectivity index is 2.17. The van der Waals surface area contributed by atoms with Gasteiger partial charge in [-0.15, -0.1) is 0 Å². The Morgan fingerprint density at radius 3 is 2.87 bits per heavy atom. The zero-order valence-electron chi connectivity index (χ0n) is 9.06. The summed E-state index contributed by atoms with van der Waals surface area (Å²) < 4.78 is 0. The van der Waals surface area contributed by atoms with Crippen molar-refractivity contribution in [2.75, 3.05) is 0 Å². The zero-order valence-corrected chi connectivity index (χ0v) is 9.06. The van der Waals surface area contributed by atoms with E-state index in [-0.39, 0.29) is 6.04 Å². The Morgan fingerprint density at radius 2 is 2.33 bits per heavy atom. The Kier molecular flexibility index (Phi) is 3.28. The fourth-order valence-electron chi connectivity index (χ4n) is 2.57. The number of nitrogens with two attached hydrogens (primary N) is 1. The molecule has 1 fully saturated rings. The van der Waals surface area contributed by atoms with E-state index < -0.39 is 0 Å². The van der Waals surface area contributed by atoms with Gasteiger partial charge in [-0.1, -0.05) is 19.8 Å². The second kappa shape index (κ2) is 4.68. The first-order chi connectivity index (χ1) is 7.33. The highest BCUT2D eigenvalue weighted by molar-refractivity contribution is 5.05. The fourth-order valence-corrected chi connectivity index (χ4v) is 2.57. The third-order valence-corrected chi connectivity index (χ3v) is 3.44. The molecule has 1 aromatic heterocycles. The van der Waals surface area contributed by atoms with Gasteiger partial charge in [-0.2, -0.15) is 0 Å². The Morgan fingerprint density at radius 1 is 1.47 bits per heavy atom. The van der Waals surface area contributed by atoms with Gasteiger partial charge in [0.05, 0.1) is 17.9 Å². The minimum atomic E-state index is 0.149. The van der Waals surface area contributed by atoms with Crippen LogP contribution >= 0.6 is 0 Å². The average molecular weight is 206 g/mol. The van der Waals surface area contributed by atoms with E-state index in [0.29, 0.717) is 11.8 Å². The maximum Gasteiger partial charge on any atom is 0.0772 e. The molecule has 82 valence electrons. The van der Waals surface area contributed by atoms with Crippen molar-refractivity contribution in [1.82, 2.24) is 15.4 Å². The summed E-state index contributed by atoms with van der Waals surface area (Å²) in [5.41, 5.74) is 3.85. The van der Waals surface area contributed by atoms with Crippen molar-refractivity contribution in [2.24, 2.45) is 17.7 Å². The number of hydrazine groups is 1. The van der Waals surface area contributed by atoms with E-state index in [1.54, 1.807) is 18.6 Å². The average Bonchev–Trinajstić information content (AvgIpc) is 2.68. The first-order valence-corrected chi connectivity index (χ1v) is 5.55. The lowest BCUT2D eigenvalue weighted by molar-refractivity contribution is 0.299. The van der Waals surface area contributed by atoms with E-state index in [2.05, 4.69) is 22.3 Å². The van der Waals surface area contributed by atoms with Crippen LogP contribution in [-0.4, -0.2) is 9.97 Å². The lowest BCUT2D eigenvalue weighted by Crippen LogP contribution is -2.35. The molecule has 2 rings (SSSR count). The van der Waals surface area contributed by atoms with Gasteiger partial charge in [-0.25, -0.2) is 0 Å². The standard InChI is InChI=1S/C11H18N4/c1-8-3-2-4-9(8)11(15-12)10-7-13-5-6-14-10/h5-9,11,15H,2-4,12H2,1H3. The SMILES string of the molecule is CC1CCCC1C(NN)c1cnccn1. The first kappa shape index (κ1) is 10.5. The van der Waals surface area contributed by atoms with Gasteiger partial charge in [0.2, 0.25) is 0 Å². The largest absolute Gasteiger partial charge is 0.271 e.